The lowest BCUT2D eigenvalue weighted by Gasteiger charge is -2.23. The summed E-state index contributed by atoms with van der Waals surface area (Å²) in [7, 11) is 1.93. The van der Waals surface area contributed by atoms with Crippen LogP contribution in [0.25, 0.3) is 0 Å². The number of aliphatic hydroxyl groups is 1. The Morgan fingerprint density at radius 3 is 2.67 bits per heavy atom. The van der Waals surface area contributed by atoms with Crippen molar-refractivity contribution in [1.29, 1.82) is 0 Å². The zero-order valence-electron chi connectivity index (χ0n) is 12.0. The second kappa shape index (κ2) is 7.68. The highest BCUT2D eigenvalue weighted by atomic mass is 19.3. The average Bonchev–Trinajstić information content (AvgIpc) is 2.91. The summed E-state index contributed by atoms with van der Waals surface area (Å²) in [5, 5.41) is 10.2. The standard InChI is InChI=1S/C15H21F2NO3/c1-18(9-13-3-2-8-20-13)10-14(19)11-4-6-12(7-5-11)21-15(16)17/h4-7,13-15,19H,2-3,8-10H2,1H3. The zero-order chi connectivity index (χ0) is 15.2. The first kappa shape index (κ1) is 16.1. The van der Waals surface area contributed by atoms with Crippen LogP contribution in [0.2, 0.25) is 0 Å². The lowest BCUT2D eigenvalue weighted by atomic mass is 10.1. The van der Waals surface area contributed by atoms with Gasteiger partial charge in [-0.05, 0) is 37.6 Å². The molecule has 2 rings (SSSR count). The van der Waals surface area contributed by atoms with E-state index in [1.54, 1.807) is 12.1 Å². The van der Waals surface area contributed by atoms with Crippen LogP contribution in [-0.4, -0.2) is 49.5 Å². The first-order valence-electron chi connectivity index (χ1n) is 7.07. The Kier molecular flexibility index (Phi) is 5.90. The Labute approximate surface area is 123 Å². The zero-order valence-corrected chi connectivity index (χ0v) is 12.0. The van der Waals surface area contributed by atoms with Crippen molar-refractivity contribution in [2.24, 2.45) is 0 Å². The molecule has 0 aliphatic carbocycles. The molecule has 6 heteroatoms. The van der Waals surface area contributed by atoms with Gasteiger partial charge in [-0.3, -0.25) is 0 Å². The summed E-state index contributed by atoms with van der Waals surface area (Å²) < 4.78 is 33.9. The number of nitrogens with zero attached hydrogens (tertiary/aromatic N) is 1. The Bertz CT molecular complexity index is 421. The van der Waals surface area contributed by atoms with Gasteiger partial charge in [-0.2, -0.15) is 8.78 Å². The number of halogens is 2. The van der Waals surface area contributed by atoms with Gasteiger partial charge in [-0.15, -0.1) is 0 Å². The first-order chi connectivity index (χ1) is 10.0. The number of hydrogen-bond acceptors (Lipinski definition) is 4. The van der Waals surface area contributed by atoms with Gasteiger partial charge in [0.2, 0.25) is 0 Å². The summed E-state index contributed by atoms with van der Waals surface area (Å²) in [6.45, 7) is -0.774. The van der Waals surface area contributed by atoms with Crippen molar-refractivity contribution in [3.05, 3.63) is 29.8 Å². The molecule has 21 heavy (non-hydrogen) atoms. The van der Waals surface area contributed by atoms with E-state index < -0.39 is 12.7 Å². The van der Waals surface area contributed by atoms with E-state index in [1.165, 1.54) is 12.1 Å². The van der Waals surface area contributed by atoms with E-state index >= 15 is 0 Å². The average molecular weight is 301 g/mol. The van der Waals surface area contributed by atoms with Crippen molar-refractivity contribution in [3.8, 4) is 5.75 Å². The summed E-state index contributed by atoms with van der Waals surface area (Å²) in [4.78, 5) is 2.02. The summed E-state index contributed by atoms with van der Waals surface area (Å²) in [6.07, 6.45) is 1.72. The second-order valence-corrected chi connectivity index (χ2v) is 5.32. The number of benzene rings is 1. The number of alkyl halides is 2. The normalized spacial score (nSPS) is 20.2. The first-order valence-corrected chi connectivity index (χ1v) is 7.07. The van der Waals surface area contributed by atoms with Crippen molar-refractivity contribution in [1.82, 2.24) is 4.90 Å². The number of likely N-dealkylation sites (N-methyl/N-ethyl adjacent to an activating group) is 1. The highest BCUT2D eigenvalue weighted by Crippen LogP contribution is 2.20. The molecule has 1 aromatic carbocycles. The Morgan fingerprint density at radius 2 is 2.10 bits per heavy atom. The number of hydrogen-bond donors (Lipinski definition) is 1. The Balaban J connectivity index is 1.82. The summed E-state index contributed by atoms with van der Waals surface area (Å²) in [5.74, 6) is 0.0914. The minimum absolute atomic E-state index is 0.0914. The lowest BCUT2D eigenvalue weighted by Crippen LogP contribution is -2.32. The molecule has 1 aliphatic heterocycles. The van der Waals surface area contributed by atoms with E-state index in [0.717, 1.165) is 26.0 Å². The van der Waals surface area contributed by atoms with Crippen LogP contribution in [0, 0.1) is 0 Å². The third-order valence-corrected chi connectivity index (χ3v) is 3.51. The summed E-state index contributed by atoms with van der Waals surface area (Å²) in [6, 6.07) is 6.07. The molecule has 0 aromatic heterocycles. The highest BCUT2D eigenvalue weighted by Gasteiger charge is 2.19. The molecule has 1 fully saturated rings. The van der Waals surface area contributed by atoms with Gasteiger partial charge in [-0.1, -0.05) is 12.1 Å². The maximum atomic E-state index is 12.1. The lowest BCUT2D eigenvalue weighted by molar-refractivity contribution is -0.0498. The van der Waals surface area contributed by atoms with Gasteiger partial charge in [0.25, 0.3) is 0 Å². The van der Waals surface area contributed by atoms with Gasteiger partial charge in [0.15, 0.2) is 0 Å². The van der Waals surface area contributed by atoms with Crippen LogP contribution >= 0.6 is 0 Å². The molecule has 0 amide bonds. The van der Waals surface area contributed by atoms with E-state index in [2.05, 4.69) is 4.74 Å². The molecule has 1 heterocycles. The molecule has 4 nitrogen and oxygen atoms in total. The monoisotopic (exact) mass is 301 g/mol. The van der Waals surface area contributed by atoms with Crippen LogP contribution in [0.3, 0.4) is 0 Å². The van der Waals surface area contributed by atoms with Crippen LogP contribution in [0.1, 0.15) is 24.5 Å². The van der Waals surface area contributed by atoms with Crippen LogP contribution in [0.4, 0.5) is 8.78 Å². The molecule has 0 radical (unpaired) electrons. The van der Waals surface area contributed by atoms with E-state index in [4.69, 9.17) is 4.74 Å². The van der Waals surface area contributed by atoms with Gasteiger partial charge in [-0.25, -0.2) is 0 Å². The molecule has 1 saturated heterocycles. The topological polar surface area (TPSA) is 41.9 Å². The van der Waals surface area contributed by atoms with Gasteiger partial charge in [0.05, 0.1) is 12.2 Å². The van der Waals surface area contributed by atoms with Crippen molar-refractivity contribution < 1.29 is 23.4 Å². The summed E-state index contributed by atoms with van der Waals surface area (Å²) in [5.41, 5.74) is 0.677. The van der Waals surface area contributed by atoms with E-state index in [0.29, 0.717) is 12.1 Å². The molecule has 118 valence electrons. The SMILES string of the molecule is CN(CC1CCCO1)CC(O)c1ccc(OC(F)F)cc1. The van der Waals surface area contributed by atoms with Crippen LogP contribution < -0.4 is 4.74 Å². The van der Waals surface area contributed by atoms with Crippen molar-refractivity contribution in [2.75, 3.05) is 26.7 Å². The largest absolute Gasteiger partial charge is 0.435 e. The van der Waals surface area contributed by atoms with Crippen LogP contribution in [0.5, 0.6) is 5.75 Å². The third-order valence-electron chi connectivity index (χ3n) is 3.51. The Hall–Kier alpha value is -1.24. The molecular weight excluding hydrogens is 280 g/mol. The van der Waals surface area contributed by atoms with Crippen molar-refractivity contribution in [2.45, 2.75) is 31.7 Å². The molecule has 2 atom stereocenters. The second-order valence-electron chi connectivity index (χ2n) is 5.32. The molecule has 1 aliphatic rings. The molecular formula is C15H21F2NO3. The molecule has 0 saturated carbocycles. The van der Waals surface area contributed by atoms with E-state index in [-0.39, 0.29) is 11.9 Å². The molecule has 2 unspecified atom stereocenters. The minimum Gasteiger partial charge on any atom is -0.435 e. The fourth-order valence-corrected chi connectivity index (χ4v) is 2.48. The van der Waals surface area contributed by atoms with Crippen molar-refractivity contribution in [3.63, 3.8) is 0 Å². The van der Waals surface area contributed by atoms with Crippen LogP contribution in [-0.2, 0) is 4.74 Å². The minimum atomic E-state index is -2.83. The van der Waals surface area contributed by atoms with Crippen molar-refractivity contribution >= 4 is 0 Å². The van der Waals surface area contributed by atoms with Gasteiger partial charge >= 0.3 is 6.61 Å². The molecule has 0 spiro atoms. The predicted molar refractivity (Wildman–Crippen MR) is 74.5 cm³/mol. The molecule has 1 N–H and O–H groups in total. The maximum Gasteiger partial charge on any atom is 0.387 e. The summed E-state index contributed by atoms with van der Waals surface area (Å²) >= 11 is 0. The van der Waals surface area contributed by atoms with Crippen LogP contribution in [0.15, 0.2) is 24.3 Å². The van der Waals surface area contributed by atoms with Gasteiger partial charge in [0.1, 0.15) is 5.75 Å². The fraction of sp³-hybridized carbons (Fsp3) is 0.600. The quantitative estimate of drug-likeness (QED) is 0.840. The Morgan fingerprint density at radius 1 is 1.38 bits per heavy atom. The predicted octanol–water partition coefficient (Wildman–Crippen LogP) is 2.43. The number of rotatable bonds is 7. The highest BCUT2D eigenvalue weighted by molar-refractivity contribution is 5.28. The van der Waals surface area contributed by atoms with Gasteiger partial charge < -0.3 is 19.5 Å². The third kappa shape index (κ3) is 5.22. The molecule has 1 aromatic rings. The number of aliphatic hydroxyl groups excluding tert-OH is 1. The molecule has 0 bridgehead atoms. The fourth-order valence-electron chi connectivity index (χ4n) is 2.48. The smallest absolute Gasteiger partial charge is 0.387 e. The van der Waals surface area contributed by atoms with E-state index in [1.807, 2.05) is 11.9 Å². The van der Waals surface area contributed by atoms with Gasteiger partial charge in [0, 0.05) is 19.7 Å². The number of ether oxygens (including phenoxy) is 2. The van der Waals surface area contributed by atoms with E-state index in [9.17, 15) is 13.9 Å². The maximum absolute atomic E-state index is 12.1.